The van der Waals surface area contributed by atoms with Gasteiger partial charge in [0.1, 0.15) is 0 Å². The second-order valence-corrected chi connectivity index (χ2v) is 2.94. The van der Waals surface area contributed by atoms with E-state index >= 15 is 0 Å². The normalized spacial score (nSPS) is 10.6. The fourth-order valence-corrected chi connectivity index (χ4v) is 1.34. The lowest BCUT2D eigenvalue weighted by atomic mass is 10.3. The zero-order chi connectivity index (χ0) is 9.97. The van der Waals surface area contributed by atoms with Crippen LogP contribution in [0.1, 0.15) is 0 Å². The summed E-state index contributed by atoms with van der Waals surface area (Å²) in [4.78, 5) is 4.27. The van der Waals surface area contributed by atoms with Crippen LogP contribution in [0.4, 0.5) is 5.95 Å². The lowest BCUT2D eigenvalue weighted by molar-refractivity contribution is 0.310. The van der Waals surface area contributed by atoms with Gasteiger partial charge in [0.05, 0.1) is 17.6 Å². The van der Waals surface area contributed by atoms with E-state index in [1.807, 2.05) is 24.3 Å². The first-order valence-electron chi connectivity index (χ1n) is 4.40. The number of nitrogens with two attached hydrogens (primary N) is 1. The second-order valence-electron chi connectivity index (χ2n) is 2.94. The Morgan fingerprint density at radius 1 is 1.43 bits per heavy atom. The third-order valence-electron chi connectivity index (χ3n) is 1.99. The summed E-state index contributed by atoms with van der Waals surface area (Å²) < 4.78 is 1.48. The van der Waals surface area contributed by atoms with Crippen LogP contribution in [-0.2, 0) is 0 Å². The SMILES string of the molecule is Nn1c(NCCO)nc2ccccc21. The summed E-state index contributed by atoms with van der Waals surface area (Å²) >= 11 is 0. The highest BCUT2D eigenvalue weighted by atomic mass is 16.3. The number of anilines is 1. The zero-order valence-corrected chi connectivity index (χ0v) is 7.64. The van der Waals surface area contributed by atoms with E-state index in [-0.39, 0.29) is 6.61 Å². The van der Waals surface area contributed by atoms with Crippen molar-refractivity contribution in [3.8, 4) is 0 Å². The summed E-state index contributed by atoms with van der Waals surface area (Å²) in [5.41, 5.74) is 1.71. The van der Waals surface area contributed by atoms with Crippen molar-refractivity contribution < 1.29 is 5.11 Å². The minimum absolute atomic E-state index is 0.0587. The molecule has 0 unspecified atom stereocenters. The van der Waals surface area contributed by atoms with Crippen molar-refractivity contribution in [3.05, 3.63) is 24.3 Å². The summed E-state index contributed by atoms with van der Waals surface area (Å²) in [5.74, 6) is 6.36. The number of fused-ring (bicyclic) bond motifs is 1. The van der Waals surface area contributed by atoms with Crippen molar-refractivity contribution in [1.29, 1.82) is 0 Å². The maximum atomic E-state index is 8.65. The van der Waals surface area contributed by atoms with Gasteiger partial charge in [-0.3, -0.25) is 0 Å². The Balaban J connectivity index is 2.41. The maximum Gasteiger partial charge on any atom is 0.222 e. The van der Waals surface area contributed by atoms with E-state index in [1.165, 1.54) is 4.68 Å². The van der Waals surface area contributed by atoms with Gasteiger partial charge in [-0.15, -0.1) is 0 Å². The molecule has 0 fully saturated rings. The molecule has 0 amide bonds. The number of rotatable bonds is 3. The van der Waals surface area contributed by atoms with E-state index in [1.54, 1.807) is 0 Å². The first kappa shape index (κ1) is 8.83. The highest BCUT2D eigenvalue weighted by Gasteiger charge is 2.05. The van der Waals surface area contributed by atoms with E-state index < -0.39 is 0 Å². The molecule has 14 heavy (non-hydrogen) atoms. The van der Waals surface area contributed by atoms with Gasteiger partial charge in [0.25, 0.3) is 0 Å². The predicted octanol–water partition coefficient (Wildman–Crippen LogP) is 0.154. The molecule has 2 aromatic rings. The Bertz CT molecular complexity index is 437. The number of nitrogens with zero attached hydrogens (tertiary/aromatic N) is 2. The Kier molecular flexibility index (Phi) is 2.24. The van der Waals surface area contributed by atoms with Gasteiger partial charge in [0, 0.05) is 6.54 Å². The minimum atomic E-state index is 0.0587. The van der Waals surface area contributed by atoms with Crippen LogP contribution in [0.2, 0.25) is 0 Å². The Labute approximate surface area is 81.1 Å². The molecule has 4 N–H and O–H groups in total. The van der Waals surface area contributed by atoms with E-state index in [2.05, 4.69) is 10.3 Å². The fraction of sp³-hybridized carbons (Fsp3) is 0.222. The van der Waals surface area contributed by atoms with Crippen LogP contribution >= 0.6 is 0 Å². The van der Waals surface area contributed by atoms with Crippen molar-refractivity contribution in [2.45, 2.75) is 0 Å². The number of hydrogen-bond donors (Lipinski definition) is 3. The molecule has 2 rings (SSSR count). The topological polar surface area (TPSA) is 76.1 Å². The quantitative estimate of drug-likeness (QED) is 0.605. The number of aliphatic hydroxyl groups is 1. The molecule has 0 saturated carbocycles. The van der Waals surface area contributed by atoms with Crippen LogP contribution < -0.4 is 11.2 Å². The van der Waals surface area contributed by atoms with Crippen molar-refractivity contribution in [3.63, 3.8) is 0 Å². The predicted molar refractivity (Wildman–Crippen MR) is 55.5 cm³/mol. The van der Waals surface area contributed by atoms with Gasteiger partial charge >= 0.3 is 0 Å². The highest BCUT2D eigenvalue weighted by Crippen LogP contribution is 2.15. The molecule has 1 aromatic carbocycles. The molecule has 1 aromatic heterocycles. The minimum Gasteiger partial charge on any atom is -0.395 e. The van der Waals surface area contributed by atoms with Crippen molar-refractivity contribution in [2.75, 3.05) is 24.3 Å². The highest BCUT2D eigenvalue weighted by molar-refractivity contribution is 5.78. The molecule has 74 valence electrons. The molecule has 0 aliphatic rings. The Hall–Kier alpha value is -1.75. The summed E-state index contributed by atoms with van der Waals surface area (Å²) in [6.45, 7) is 0.504. The van der Waals surface area contributed by atoms with Crippen molar-refractivity contribution >= 4 is 17.0 Å². The van der Waals surface area contributed by atoms with Gasteiger partial charge in [-0.2, -0.15) is 0 Å². The average molecular weight is 192 g/mol. The van der Waals surface area contributed by atoms with Gasteiger partial charge in [-0.1, -0.05) is 12.1 Å². The van der Waals surface area contributed by atoms with E-state index in [9.17, 15) is 0 Å². The van der Waals surface area contributed by atoms with Crippen LogP contribution in [0.5, 0.6) is 0 Å². The summed E-state index contributed by atoms with van der Waals surface area (Å²) in [6.07, 6.45) is 0. The van der Waals surface area contributed by atoms with Gasteiger partial charge in [-0.05, 0) is 12.1 Å². The van der Waals surface area contributed by atoms with Crippen molar-refractivity contribution in [2.24, 2.45) is 0 Å². The Morgan fingerprint density at radius 2 is 2.21 bits per heavy atom. The van der Waals surface area contributed by atoms with Gasteiger partial charge < -0.3 is 16.3 Å². The van der Waals surface area contributed by atoms with Crippen LogP contribution in [0, 0.1) is 0 Å². The number of aromatic nitrogens is 2. The molecule has 0 aliphatic carbocycles. The lowest BCUT2D eigenvalue weighted by Crippen LogP contribution is -2.16. The molecule has 5 nitrogen and oxygen atoms in total. The summed E-state index contributed by atoms with van der Waals surface area (Å²) in [5, 5.41) is 11.6. The van der Waals surface area contributed by atoms with E-state index in [4.69, 9.17) is 10.9 Å². The fourth-order valence-electron chi connectivity index (χ4n) is 1.34. The molecular formula is C9H12N4O. The molecule has 1 heterocycles. The van der Waals surface area contributed by atoms with Crippen molar-refractivity contribution in [1.82, 2.24) is 9.66 Å². The summed E-state index contributed by atoms with van der Waals surface area (Å²) in [6, 6.07) is 7.60. The van der Waals surface area contributed by atoms with E-state index in [0.717, 1.165) is 11.0 Å². The van der Waals surface area contributed by atoms with Gasteiger partial charge in [0.15, 0.2) is 0 Å². The molecule has 0 spiro atoms. The average Bonchev–Trinajstić information content (AvgIpc) is 2.54. The van der Waals surface area contributed by atoms with Gasteiger partial charge in [0.2, 0.25) is 5.95 Å². The van der Waals surface area contributed by atoms with Gasteiger partial charge in [-0.25, -0.2) is 9.66 Å². The first-order chi connectivity index (χ1) is 6.83. The molecule has 5 heteroatoms. The molecule has 0 bridgehead atoms. The molecule has 0 saturated heterocycles. The summed E-state index contributed by atoms with van der Waals surface area (Å²) in [7, 11) is 0. The van der Waals surface area contributed by atoms with Crippen LogP contribution in [0.15, 0.2) is 24.3 Å². The number of nitrogen functional groups attached to an aromatic ring is 1. The number of benzene rings is 1. The smallest absolute Gasteiger partial charge is 0.222 e. The molecular weight excluding hydrogens is 180 g/mol. The molecule has 0 radical (unpaired) electrons. The number of nitrogens with one attached hydrogen (secondary N) is 1. The Morgan fingerprint density at radius 3 is 2.93 bits per heavy atom. The maximum absolute atomic E-state index is 8.65. The van der Waals surface area contributed by atoms with E-state index in [0.29, 0.717) is 12.5 Å². The number of hydrogen-bond acceptors (Lipinski definition) is 4. The second kappa shape index (κ2) is 3.55. The third kappa shape index (κ3) is 1.38. The first-order valence-corrected chi connectivity index (χ1v) is 4.40. The van der Waals surface area contributed by atoms with Crippen LogP contribution in [0.3, 0.4) is 0 Å². The van der Waals surface area contributed by atoms with Crippen LogP contribution in [-0.4, -0.2) is 27.9 Å². The monoisotopic (exact) mass is 192 g/mol. The standard InChI is InChI=1S/C9H12N4O/c10-13-8-4-2-1-3-7(8)12-9(13)11-5-6-14/h1-4,14H,5-6,10H2,(H,11,12). The number of imidazole rings is 1. The number of para-hydroxylation sites is 2. The third-order valence-corrected chi connectivity index (χ3v) is 1.99. The molecule has 0 atom stereocenters. The number of aliphatic hydroxyl groups excluding tert-OH is 1. The zero-order valence-electron chi connectivity index (χ0n) is 7.64. The lowest BCUT2D eigenvalue weighted by Gasteiger charge is -2.02. The largest absolute Gasteiger partial charge is 0.395 e. The molecule has 0 aliphatic heterocycles. The van der Waals surface area contributed by atoms with Crippen LogP contribution in [0.25, 0.3) is 11.0 Å².